The summed E-state index contributed by atoms with van der Waals surface area (Å²) in [6, 6.07) is -5.57. The molecule has 0 aliphatic carbocycles. The van der Waals surface area contributed by atoms with E-state index in [9.17, 15) is 28.8 Å². The first-order valence-corrected chi connectivity index (χ1v) is 9.07. The lowest BCUT2D eigenvalue weighted by Gasteiger charge is -2.25. The summed E-state index contributed by atoms with van der Waals surface area (Å²) in [5.74, 6) is -7.05. The fourth-order valence-corrected chi connectivity index (χ4v) is 2.29. The molecule has 0 bridgehead atoms. The van der Waals surface area contributed by atoms with Gasteiger partial charge in [-0.25, -0.2) is 0 Å². The summed E-state index contributed by atoms with van der Waals surface area (Å²) in [4.78, 5) is 69.5. The monoisotopic (exact) mass is 432 g/mol. The van der Waals surface area contributed by atoms with Gasteiger partial charge in [0.1, 0.15) is 18.1 Å². The molecular formula is C17H28N4O9. The Kier molecular flexibility index (Phi) is 11.0. The van der Waals surface area contributed by atoms with Gasteiger partial charge in [0.2, 0.25) is 17.7 Å². The van der Waals surface area contributed by atoms with Crippen molar-refractivity contribution in [1.29, 1.82) is 0 Å². The molecule has 0 aliphatic rings. The van der Waals surface area contributed by atoms with Crippen LogP contribution in [0.15, 0.2) is 0 Å². The second-order valence-corrected chi connectivity index (χ2v) is 7.12. The minimum atomic E-state index is -1.60. The average Bonchev–Trinajstić information content (AvgIpc) is 2.58. The molecule has 4 unspecified atom stereocenters. The summed E-state index contributed by atoms with van der Waals surface area (Å²) in [5, 5.41) is 33.1. The van der Waals surface area contributed by atoms with Crippen molar-refractivity contribution in [2.75, 3.05) is 0 Å². The Balaban J connectivity index is 5.38. The third-order valence-corrected chi connectivity index (χ3v) is 3.81. The van der Waals surface area contributed by atoms with Gasteiger partial charge in [0.15, 0.2) is 0 Å². The third kappa shape index (κ3) is 10.4. The van der Waals surface area contributed by atoms with Gasteiger partial charge in [0.05, 0.1) is 18.9 Å². The zero-order valence-electron chi connectivity index (χ0n) is 16.9. The van der Waals surface area contributed by atoms with E-state index in [0.29, 0.717) is 0 Å². The van der Waals surface area contributed by atoms with E-state index in [4.69, 9.17) is 21.1 Å². The lowest BCUT2D eigenvalue weighted by Crippen LogP contribution is -2.57. The van der Waals surface area contributed by atoms with Crippen molar-refractivity contribution in [2.45, 2.75) is 64.2 Å². The maximum atomic E-state index is 12.6. The number of hydrogen-bond acceptors (Lipinski definition) is 7. The van der Waals surface area contributed by atoms with Crippen LogP contribution in [0.3, 0.4) is 0 Å². The quantitative estimate of drug-likeness (QED) is 0.167. The van der Waals surface area contributed by atoms with Gasteiger partial charge >= 0.3 is 17.9 Å². The van der Waals surface area contributed by atoms with E-state index in [2.05, 4.69) is 16.0 Å². The zero-order valence-corrected chi connectivity index (χ0v) is 16.9. The molecule has 0 aromatic heterocycles. The van der Waals surface area contributed by atoms with Gasteiger partial charge in [-0.1, -0.05) is 13.8 Å². The van der Waals surface area contributed by atoms with Crippen LogP contribution in [0.5, 0.6) is 0 Å². The molecule has 0 aliphatic heterocycles. The number of carbonyl (C=O) groups is 6. The summed E-state index contributed by atoms with van der Waals surface area (Å²) in [6.45, 7) is 4.63. The number of nitrogens with one attached hydrogen (secondary N) is 3. The van der Waals surface area contributed by atoms with Crippen LogP contribution in [0.1, 0.15) is 40.0 Å². The van der Waals surface area contributed by atoms with Crippen LogP contribution in [0.4, 0.5) is 0 Å². The molecule has 0 heterocycles. The van der Waals surface area contributed by atoms with Crippen molar-refractivity contribution in [3.63, 3.8) is 0 Å². The molecule has 0 spiro atoms. The van der Waals surface area contributed by atoms with E-state index < -0.39 is 72.6 Å². The summed E-state index contributed by atoms with van der Waals surface area (Å²) < 4.78 is 0. The minimum absolute atomic E-state index is 0.0876. The standard InChI is InChI=1S/C17H28N4O9/c1-7(2)4-10(20-14(26)9(18)5-12(22)23)16(28)21-11(6-13(24)25)15(27)19-8(3)17(29)30/h7-11H,4-6,18H2,1-3H3,(H,19,27)(H,20,26)(H,21,28)(H,22,23)(H,24,25)(H,29,30). The fourth-order valence-electron chi connectivity index (χ4n) is 2.29. The first-order valence-electron chi connectivity index (χ1n) is 9.07. The second kappa shape index (κ2) is 12.4. The number of carboxylic acid groups (broad SMARTS) is 3. The smallest absolute Gasteiger partial charge is 0.325 e. The van der Waals surface area contributed by atoms with Gasteiger partial charge in [-0.2, -0.15) is 0 Å². The molecule has 0 aromatic rings. The van der Waals surface area contributed by atoms with Crippen molar-refractivity contribution in [3.8, 4) is 0 Å². The molecule has 0 saturated heterocycles. The lowest BCUT2D eigenvalue weighted by molar-refractivity contribution is -0.143. The van der Waals surface area contributed by atoms with Gasteiger partial charge in [-0.15, -0.1) is 0 Å². The van der Waals surface area contributed by atoms with Crippen molar-refractivity contribution < 1.29 is 44.1 Å². The minimum Gasteiger partial charge on any atom is -0.481 e. The van der Waals surface area contributed by atoms with Crippen molar-refractivity contribution in [3.05, 3.63) is 0 Å². The molecule has 0 aromatic carbocycles. The number of aliphatic carboxylic acids is 3. The molecule has 3 amide bonds. The summed E-state index contributed by atoms with van der Waals surface area (Å²) in [5.41, 5.74) is 5.47. The number of hydrogen-bond donors (Lipinski definition) is 7. The topological polar surface area (TPSA) is 225 Å². The van der Waals surface area contributed by atoms with E-state index in [1.807, 2.05) is 0 Å². The molecule has 13 nitrogen and oxygen atoms in total. The Bertz CT molecular complexity index is 680. The first kappa shape index (κ1) is 26.8. The van der Waals surface area contributed by atoms with Gasteiger partial charge in [0, 0.05) is 0 Å². The predicted octanol–water partition coefficient (Wildman–Crippen LogP) is -2.13. The molecule has 0 radical (unpaired) electrons. The molecule has 4 atom stereocenters. The van der Waals surface area contributed by atoms with Gasteiger partial charge in [-0.05, 0) is 19.3 Å². The van der Waals surface area contributed by atoms with Crippen LogP contribution in [0.25, 0.3) is 0 Å². The normalized spacial score (nSPS) is 14.7. The third-order valence-electron chi connectivity index (χ3n) is 3.81. The number of nitrogens with two attached hydrogens (primary N) is 1. The van der Waals surface area contributed by atoms with Gasteiger partial charge < -0.3 is 37.0 Å². The summed E-state index contributed by atoms with van der Waals surface area (Å²) in [6.07, 6.45) is -1.41. The Morgan fingerprint density at radius 1 is 0.733 bits per heavy atom. The van der Waals surface area contributed by atoms with E-state index in [0.717, 1.165) is 6.92 Å². The highest BCUT2D eigenvalue weighted by Gasteiger charge is 2.31. The van der Waals surface area contributed by atoms with E-state index in [1.54, 1.807) is 13.8 Å². The largest absolute Gasteiger partial charge is 0.481 e. The number of carboxylic acids is 3. The summed E-state index contributed by atoms with van der Waals surface area (Å²) >= 11 is 0. The predicted molar refractivity (Wildman–Crippen MR) is 101 cm³/mol. The zero-order chi connectivity index (χ0) is 23.6. The second-order valence-electron chi connectivity index (χ2n) is 7.12. The van der Waals surface area contributed by atoms with Crippen molar-refractivity contribution >= 4 is 35.6 Å². The highest BCUT2D eigenvalue weighted by atomic mass is 16.4. The molecule has 0 fully saturated rings. The fraction of sp³-hybridized carbons (Fsp3) is 0.647. The van der Waals surface area contributed by atoms with Crippen molar-refractivity contribution in [1.82, 2.24) is 16.0 Å². The van der Waals surface area contributed by atoms with Crippen LogP contribution >= 0.6 is 0 Å². The van der Waals surface area contributed by atoms with E-state index in [1.165, 1.54) is 0 Å². The SMILES string of the molecule is CC(C)CC(NC(=O)C(N)CC(=O)O)C(=O)NC(CC(=O)O)C(=O)NC(C)C(=O)O. The highest BCUT2D eigenvalue weighted by molar-refractivity contribution is 5.96. The number of carbonyl (C=O) groups excluding carboxylic acids is 3. The van der Waals surface area contributed by atoms with Crippen LogP contribution in [-0.2, 0) is 28.8 Å². The van der Waals surface area contributed by atoms with Gasteiger partial charge in [0.25, 0.3) is 0 Å². The molecule has 30 heavy (non-hydrogen) atoms. The van der Waals surface area contributed by atoms with E-state index in [-0.39, 0.29) is 12.3 Å². The van der Waals surface area contributed by atoms with Crippen LogP contribution in [-0.4, -0.2) is 75.1 Å². The van der Waals surface area contributed by atoms with Gasteiger partial charge in [-0.3, -0.25) is 28.8 Å². The molecule has 170 valence electrons. The molecule has 0 rings (SSSR count). The lowest BCUT2D eigenvalue weighted by atomic mass is 10.0. The van der Waals surface area contributed by atoms with Crippen LogP contribution in [0, 0.1) is 5.92 Å². The molecule has 8 N–H and O–H groups in total. The first-order chi connectivity index (χ1) is 13.7. The Labute approximate surface area is 172 Å². The van der Waals surface area contributed by atoms with Crippen LogP contribution in [0.2, 0.25) is 0 Å². The molecule has 0 saturated carbocycles. The maximum absolute atomic E-state index is 12.6. The Morgan fingerprint density at radius 2 is 1.20 bits per heavy atom. The highest BCUT2D eigenvalue weighted by Crippen LogP contribution is 2.07. The summed E-state index contributed by atoms with van der Waals surface area (Å²) in [7, 11) is 0. The molecule has 13 heteroatoms. The van der Waals surface area contributed by atoms with Crippen LogP contribution < -0.4 is 21.7 Å². The van der Waals surface area contributed by atoms with E-state index >= 15 is 0 Å². The Hall–Kier alpha value is -3.22. The number of rotatable bonds is 13. The average molecular weight is 432 g/mol. The number of amides is 3. The Morgan fingerprint density at radius 3 is 1.63 bits per heavy atom. The van der Waals surface area contributed by atoms with Crippen molar-refractivity contribution in [2.24, 2.45) is 11.7 Å². The maximum Gasteiger partial charge on any atom is 0.325 e. The molecular weight excluding hydrogens is 404 g/mol.